The largest absolute Gasteiger partial charge is 0.457 e. The van der Waals surface area contributed by atoms with Crippen molar-refractivity contribution in [2.75, 3.05) is 5.43 Å². The number of nitriles is 1. The number of rotatable bonds is 6. The summed E-state index contributed by atoms with van der Waals surface area (Å²) in [4.78, 5) is 19.2. The normalized spacial score (nSPS) is 11.3. The molecule has 0 saturated heterocycles. The molecule has 3 aromatic carbocycles. The number of H-pyrrole nitrogens is 1. The molecular formula is C28H25N5O2. The van der Waals surface area contributed by atoms with E-state index in [1.54, 1.807) is 18.3 Å². The predicted octanol–water partition coefficient (Wildman–Crippen LogP) is 5.84. The van der Waals surface area contributed by atoms with Gasteiger partial charge in [-0.15, -0.1) is 0 Å². The van der Waals surface area contributed by atoms with Crippen molar-refractivity contribution in [1.82, 2.24) is 9.97 Å². The second kappa shape index (κ2) is 10.1. The van der Waals surface area contributed by atoms with E-state index in [4.69, 9.17) is 4.74 Å². The van der Waals surface area contributed by atoms with E-state index in [0.717, 1.165) is 11.3 Å². The monoisotopic (exact) mass is 463 g/mol. The van der Waals surface area contributed by atoms with Gasteiger partial charge in [-0.05, 0) is 52.9 Å². The summed E-state index contributed by atoms with van der Waals surface area (Å²) in [7, 11) is 0. The van der Waals surface area contributed by atoms with Crippen LogP contribution in [0.4, 0.5) is 5.95 Å². The Kier molecular flexibility index (Phi) is 6.74. The van der Waals surface area contributed by atoms with Gasteiger partial charge in [0.2, 0.25) is 5.95 Å². The fraction of sp³-hybridized carbons (Fsp3) is 0.143. The van der Waals surface area contributed by atoms with Crippen LogP contribution in [0.5, 0.6) is 11.5 Å². The molecule has 0 saturated carbocycles. The number of hydrogen-bond donors (Lipinski definition) is 2. The summed E-state index contributed by atoms with van der Waals surface area (Å²) in [5.41, 5.74) is 5.29. The van der Waals surface area contributed by atoms with Gasteiger partial charge in [-0.3, -0.25) is 9.78 Å². The van der Waals surface area contributed by atoms with Crippen LogP contribution in [-0.4, -0.2) is 16.2 Å². The first-order chi connectivity index (χ1) is 16.8. The minimum atomic E-state index is -0.531. The molecule has 2 N–H and O–H groups in total. The molecule has 174 valence electrons. The molecule has 0 spiro atoms. The van der Waals surface area contributed by atoms with Crippen molar-refractivity contribution >= 4 is 12.2 Å². The molecule has 0 atom stereocenters. The number of aromatic amines is 1. The number of nitrogens with zero attached hydrogens (tertiary/aromatic N) is 3. The van der Waals surface area contributed by atoms with Crippen molar-refractivity contribution in [3.8, 4) is 28.8 Å². The number of aromatic nitrogens is 2. The van der Waals surface area contributed by atoms with Crippen LogP contribution in [0.15, 0.2) is 88.8 Å². The molecule has 1 aromatic heterocycles. The molecule has 0 bridgehead atoms. The van der Waals surface area contributed by atoms with Crippen LogP contribution in [0, 0.1) is 11.3 Å². The zero-order chi connectivity index (χ0) is 24.8. The highest BCUT2D eigenvalue weighted by Gasteiger charge is 2.14. The average molecular weight is 464 g/mol. The Labute approximate surface area is 203 Å². The first-order valence-electron chi connectivity index (χ1n) is 11.1. The lowest BCUT2D eigenvalue weighted by atomic mass is 9.87. The molecule has 4 aromatic rings. The fourth-order valence-corrected chi connectivity index (χ4v) is 3.38. The summed E-state index contributed by atoms with van der Waals surface area (Å²) in [6.45, 7) is 6.53. The highest BCUT2D eigenvalue weighted by atomic mass is 16.5. The predicted molar refractivity (Wildman–Crippen MR) is 138 cm³/mol. The summed E-state index contributed by atoms with van der Waals surface area (Å²) in [5.74, 6) is 1.62. The van der Waals surface area contributed by atoms with Crippen LogP contribution < -0.4 is 15.7 Å². The van der Waals surface area contributed by atoms with E-state index in [9.17, 15) is 10.1 Å². The molecule has 7 nitrogen and oxygen atoms in total. The number of hydrazone groups is 1. The van der Waals surface area contributed by atoms with Gasteiger partial charge >= 0.3 is 0 Å². The first kappa shape index (κ1) is 23.5. The van der Waals surface area contributed by atoms with Crippen molar-refractivity contribution in [2.45, 2.75) is 26.2 Å². The molecular weight excluding hydrogens is 438 g/mol. The Hall–Kier alpha value is -4.70. The van der Waals surface area contributed by atoms with Gasteiger partial charge in [-0.2, -0.15) is 10.4 Å². The van der Waals surface area contributed by atoms with Crippen LogP contribution in [0.2, 0.25) is 0 Å². The maximum Gasteiger partial charge on any atom is 0.270 e. The highest BCUT2D eigenvalue weighted by molar-refractivity contribution is 5.80. The molecule has 35 heavy (non-hydrogen) atoms. The zero-order valence-corrected chi connectivity index (χ0v) is 19.7. The Morgan fingerprint density at radius 2 is 1.60 bits per heavy atom. The molecule has 0 aliphatic rings. The Bertz CT molecular complexity index is 1430. The van der Waals surface area contributed by atoms with Crippen molar-refractivity contribution in [3.63, 3.8) is 0 Å². The standard InChI is InChI=1S/C28H25N5O2/c1-28(2,3)21-11-15-23(16-12-21)35-22-13-9-19(10-14-22)18-30-33-27-31-25(20-7-5-4-6-8-20)24(17-29)26(34)32-27/h4-16,18H,1-3H3,(H2,31,32,33,34). The van der Waals surface area contributed by atoms with Crippen LogP contribution in [0.3, 0.4) is 0 Å². The van der Waals surface area contributed by atoms with Gasteiger partial charge in [0.1, 0.15) is 23.1 Å². The smallest absolute Gasteiger partial charge is 0.270 e. The Morgan fingerprint density at radius 1 is 0.971 bits per heavy atom. The lowest BCUT2D eigenvalue weighted by molar-refractivity contribution is 0.481. The third-order valence-electron chi connectivity index (χ3n) is 5.30. The first-order valence-corrected chi connectivity index (χ1v) is 11.1. The second-order valence-corrected chi connectivity index (χ2v) is 8.93. The molecule has 7 heteroatoms. The molecule has 0 unspecified atom stereocenters. The lowest BCUT2D eigenvalue weighted by Gasteiger charge is -2.19. The van der Waals surface area contributed by atoms with E-state index in [2.05, 4.69) is 53.4 Å². The van der Waals surface area contributed by atoms with Crippen LogP contribution in [-0.2, 0) is 5.41 Å². The summed E-state index contributed by atoms with van der Waals surface area (Å²) in [5, 5.41) is 13.5. The van der Waals surface area contributed by atoms with E-state index in [-0.39, 0.29) is 16.9 Å². The van der Waals surface area contributed by atoms with E-state index < -0.39 is 5.56 Å². The zero-order valence-electron chi connectivity index (χ0n) is 19.7. The molecule has 0 fully saturated rings. The van der Waals surface area contributed by atoms with Gasteiger partial charge in [-0.1, -0.05) is 63.2 Å². The fourth-order valence-electron chi connectivity index (χ4n) is 3.38. The molecule has 0 aliphatic heterocycles. The molecule has 0 amide bonds. The third-order valence-corrected chi connectivity index (χ3v) is 5.30. The number of benzene rings is 3. The van der Waals surface area contributed by atoms with Gasteiger partial charge in [0.05, 0.1) is 11.9 Å². The van der Waals surface area contributed by atoms with Crippen LogP contribution in [0.1, 0.15) is 37.5 Å². The van der Waals surface area contributed by atoms with Crippen molar-refractivity contribution in [1.29, 1.82) is 5.26 Å². The molecule has 1 heterocycles. The lowest BCUT2D eigenvalue weighted by Crippen LogP contribution is -2.16. The van der Waals surface area contributed by atoms with Gasteiger partial charge < -0.3 is 4.74 Å². The number of nitrogens with one attached hydrogen (secondary N) is 2. The van der Waals surface area contributed by atoms with Gasteiger partial charge in [0.15, 0.2) is 0 Å². The third kappa shape index (κ3) is 5.81. The number of hydrogen-bond acceptors (Lipinski definition) is 6. The SMILES string of the molecule is CC(C)(C)c1ccc(Oc2ccc(C=NNc3nc(-c4ccccc4)c(C#N)c(=O)[nH]3)cc2)cc1. The van der Waals surface area contributed by atoms with E-state index in [1.807, 2.05) is 60.7 Å². The summed E-state index contributed by atoms with van der Waals surface area (Å²) >= 11 is 0. The minimum absolute atomic E-state index is 0.0469. The van der Waals surface area contributed by atoms with Crippen molar-refractivity contribution in [2.24, 2.45) is 5.10 Å². The maximum atomic E-state index is 12.3. The highest BCUT2D eigenvalue weighted by Crippen LogP contribution is 2.27. The van der Waals surface area contributed by atoms with Gasteiger partial charge in [0.25, 0.3) is 5.56 Å². The second-order valence-electron chi connectivity index (χ2n) is 8.93. The minimum Gasteiger partial charge on any atom is -0.457 e. The number of anilines is 1. The molecule has 0 aliphatic carbocycles. The van der Waals surface area contributed by atoms with E-state index in [1.165, 1.54) is 5.56 Å². The summed E-state index contributed by atoms with van der Waals surface area (Å²) in [6.07, 6.45) is 1.60. The average Bonchev–Trinajstić information content (AvgIpc) is 2.85. The Morgan fingerprint density at radius 3 is 2.20 bits per heavy atom. The summed E-state index contributed by atoms with van der Waals surface area (Å²) < 4.78 is 5.93. The van der Waals surface area contributed by atoms with Gasteiger partial charge in [0, 0.05) is 5.56 Å². The van der Waals surface area contributed by atoms with E-state index in [0.29, 0.717) is 17.0 Å². The van der Waals surface area contributed by atoms with Crippen LogP contribution in [0.25, 0.3) is 11.3 Å². The molecule has 0 radical (unpaired) electrons. The molecule has 4 rings (SSSR count). The van der Waals surface area contributed by atoms with Crippen molar-refractivity contribution < 1.29 is 4.74 Å². The number of ether oxygens (including phenoxy) is 1. The topological polar surface area (TPSA) is 103 Å². The summed E-state index contributed by atoms with van der Waals surface area (Å²) in [6, 6.07) is 26.5. The Balaban J connectivity index is 1.43. The van der Waals surface area contributed by atoms with Crippen molar-refractivity contribution in [3.05, 3.63) is 106 Å². The van der Waals surface area contributed by atoms with E-state index >= 15 is 0 Å². The van der Waals surface area contributed by atoms with Gasteiger partial charge in [-0.25, -0.2) is 10.4 Å². The quantitative estimate of drug-likeness (QED) is 0.276. The maximum absolute atomic E-state index is 12.3. The van der Waals surface area contributed by atoms with Crippen LogP contribution >= 0.6 is 0 Å².